The maximum atomic E-state index is 14.5. The average molecular weight is 1570 g/mol. The summed E-state index contributed by atoms with van der Waals surface area (Å²) in [5.74, 6) is -21.1. The van der Waals surface area contributed by atoms with Crippen molar-refractivity contribution < 1.29 is 106 Å². The van der Waals surface area contributed by atoms with Gasteiger partial charge in [0, 0.05) is 32.4 Å². The van der Waals surface area contributed by atoms with E-state index in [2.05, 4.69) is 63.8 Å². The third kappa shape index (κ3) is 30.8. The van der Waals surface area contributed by atoms with Crippen molar-refractivity contribution in [3.8, 4) is 0 Å². The molecule has 612 valence electrons. The van der Waals surface area contributed by atoms with Crippen molar-refractivity contribution in [3.05, 3.63) is 35.9 Å². The maximum absolute atomic E-state index is 14.5. The van der Waals surface area contributed by atoms with Gasteiger partial charge in [-0.1, -0.05) is 78.3 Å². The Morgan fingerprint density at radius 3 is 1.43 bits per heavy atom. The molecule has 2 heterocycles. The molecule has 0 unspecified atom stereocenters. The summed E-state index contributed by atoms with van der Waals surface area (Å²) in [6.45, 7) is 5.42. The van der Waals surface area contributed by atoms with E-state index in [9.17, 15) is 106 Å². The fraction of sp³-hybridized carbons (Fsp3) is 0.632. The van der Waals surface area contributed by atoms with Gasteiger partial charge in [0.15, 0.2) is 0 Å². The minimum atomic E-state index is -1.97. The molecule has 110 heavy (non-hydrogen) atoms. The Kier molecular flexibility index (Phi) is 39.7. The molecule has 0 bridgehead atoms. The minimum Gasteiger partial charge on any atom is -0.480 e. The van der Waals surface area contributed by atoms with Crippen molar-refractivity contribution in [2.24, 2.45) is 46.4 Å². The topological polar surface area (TPSA) is 666 Å². The number of carboxylic acid groups (broad SMARTS) is 1. The number of hydrogen-bond donors (Lipinski definition) is 20. The fourth-order valence-electron chi connectivity index (χ4n) is 11.6. The number of nitrogens with two attached hydrogens (primary N) is 5. The average Bonchev–Trinajstić information content (AvgIpc) is 1.63. The number of amides is 18. The highest BCUT2D eigenvalue weighted by atomic mass is 32.2. The van der Waals surface area contributed by atoms with E-state index < -0.39 is 273 Å². The van der Waals surface area contributed by atoms with Gasteiger partial charge in [0.25, 0.3) is 0 Å². The lowest BCUT2D eigenvalue weighted by molar-refractivity contribution is -0.148. The van der Waals surface area contributed by atoms with Crippen LogP contribution in [-0.4, -0.2) is 267 Å². The van der Waals surface area contributed by atoms with Gasteiger partial charge in [-0.15, -0.1) is 0 Å². The number of carboxylic acids is 1. The van der Waals surface area contributed by atoms with Gasteiger partial charge in [-0.2, -0.15) is 11.8 Å². The normalized spacial score (nSPS) is 17.2. The number of thioether (sulfide) groups is 1. The SMILES string of the molecule is CC[C@H](C)[C@H](NC(=O)[C@H](CC(N)=O)NC(=O)[C@@H](N)CCSC)C(=O)N[C@@H](CO)C(=O)N[C@H](C(=O)N[C@@H](CC(N)=O)C(=O)NCC(=O)N[C@@H](CCC(N)=O)C(=O)N[C@@H](CO)C(=O)N[C@@H](CCC(N)=O)C(=O)N[C@H](C(=O)N1CCC[C@H]1C(=O)N1CCC[C@H]1C(=O)NCC(=O)N[C@@H](Cc1ccccc1)C(=O)O)C(C)C)C(C)C. The molecule has 0 aliphatic carbocycles. The Labute approximate surface area is 638 Å². The Balaban J connectivity index is 1.72. The largest absolute Gasteiger partial charge is 0.480 e. The van der Waals surface area contributed by atoms with Crippen molar-refractivity contribution in [3.63, 3.8) is 0 Å². The van der Waals surface area contributed by atoms with E-state index >= 15 is 0 Å². The molecule has 2 saturated heterocycles. The number of aliphatic hydroxyl groups excluding tert-OH is 2. The Hall–Kier alpha value is -10.6. The molecular formula is C68H107N19O22S. The zero-order valence-electron chi connectivity index (χ0n) is 62.6. The molecule has 1 aromatic rings. The Morgan fingerprint density at radius 1 is 0.482 bits per heavy atom. The smallest absolute Gasteiger partial charge is 0.326 e. The van der Waals surface area contributed by atoms with E-state index in [1.54, 1.807) is 64.3 Å². The fourth-order valence-corrected chi connectivity index (χ4v) is 12.1. The van der Waals surface area contributed by atoms with Crippen molar-refractivity contribution in [1.82, 2.24) is 73.6 Å². The van der Waals surface area contributed by atoms with Crippen LogP contribution in [0, 0.1) is 17.8 Å². The van der Waals surface area contributed by atoms with E-state index in [0.29, 0.717) is 24.2 Å². The predicted molar refractivity (Wildman–Crippen MR) is 391 cm³/mol. The molecule has 41 nitrogen and oxygen atoms in total. The number of rotatable bonds is 48. The molecule has 2 aliphatic rings. The van der Waals surface area contributed by atoms with Crippen LogP contribution in [0.5, 0.6) is 0 Å². The number of primary amides is 4. The number of aliphatic carboxylic acids is 1. The maximum Gasteiger partial charge on any atom is 0.326 e. The van der Waals surface area contributed by atoms with Gasteiger partial charge in [0.05, 0.1) is 45.2 Å². The number of nitrogens with zero attached hydrogens (tertiary/aromatic N) is 2. The predicted octanol–water partition coefficient (Wildman–Crippen LogP) is -8.92. The number of nitrogens with one attached hydrogen (secondary N) is 12. The number of carbonyl (C=O) groups excluding carboxylic acids is 18. The van der Waals surface area contributed by atoms with Gasteiger partial charge in [-0.25, -0.2) is 4.79 Å². The number of benzene rings is 1. The van der Waals surface area contributed by atoms with E-state index in [4.69, 9.17) is 28.7 Å². The third-order valence-corrected chi connectivity index (χ3v) is 18.7. The first-order valence-corrected chi connectivity index (χ1v) is 37.2. The summed E-state index contributed by atoms with van der Waals surface area (Å²) in [5, 5.41) is 58.5. The lowest BCUT2D eigenvalue weighted by Crippen LogP contribution is -2.62. The molecule has 3 rings (SSSR count). The van der Waals surface area contributed by atoms with Gasteiger partial charge in [0.1, 0.15) is 72.5 Å². The van der Waals surface area contributed by atoms with Crippen molar-refractivity contribution in [2.45, 2.75) is 204 Å². The molecule has 0 spiro atoms. The summed E-state index contributed by atoms with van der Waals surface area (Å²) in [5.41, 5.74) is 28.1. The van der Waals surface area contributed by atoms with Crippen LogP contribution in [0.15, 0.2) is 30.3 Å². The van der Waals surface area contributed by atoms with E-state index in [1.165, 1.54) is 35.4 Å². The van der Waals surface area contributed by atoms with Gasteiger partial charge >= 0.3 is 5.97 Å². The third-order valence-electron chi connectivity index (χ3n) is 18.0. The van der Waals surface area contributed by atoms with Crippen LogP contribution in [-0.2, 0) is 97.5 Å². The quantitative estimate of drug-likeness (QED) is 0.0288. The van der Waals surface area contributed by atoms with E-state index in [-0.39, 0.29) is 45.2 Å². The minimum absolute atomic E-state index is 0.0323. The Morgan fingerprint density at radius 2 is 0.909 bits per heavy atom. The molecular weight excluding hydrogens is 1470 g/mol. The van der Waals surface area contributed by atoms with Gasteiger partial charge in [-0.3, -0.25) is 86.3 Å². The number of aliphatic hydroxyl groups is 2. The second-order valence-corrected chi connectivity index (χ2v) is 28.3. The molecule has 2 aliphatic heterocycles. The van der Waals surface area contributed by atoms with Crippen LogP contribution >= 0.6 is 11.8 Å². The summed E-state index contributed by atoms with van der Waals surface area (Å²) >= 11 is 1.41. The highest BCUT2D eigenvalue weighted by Crippen LogP contribution is 2.27. The zero-order valence-corrected chi connectivity index (χ0v) is 63.4. The van der Waals surface area contributed by atoms with Crippen LogP contribution in [0.2, 0.25) is 0 Å². The number of likely N-dealkylation sites (tertiary alicyclic amines) is 2. The summed E-state index contributed by atoms with van der Waals surface area (Å²) in [7, 11) is 0. The molecule has 2 fully saturated rings. The van der Waals surface area contributed by atoms with Crippen molar-refractivity contribution in [1.29, 1.82) is 0 Å². The van der Waals surface area contributed by atoms with Gasteiger partial charge < -0.3 is 118 Å². The standard InChI is InChI=1S/C68H107N19O22S/c1-8-35(6)55(85-60(100)41(28-50(73)93)79-56(96)37(69)22-25-110-7)65(105)82-44(32-89)62(102)83-53(33(2)3)64(104)80-40(27-49(72)92)57(97)74-29-51(94)76-38(18-20-47(70)90)58(98)81-43(31-88)61(101)78-39(19-21-48(71)91)59(99)84-54(34(4)5)67(107)87-24-13-17-46(87)66(106)86-23-12-16-45(86)63(103)75-30-52(95)77-42(68(108)109)26-36-14-10-9-11-15-36/h9-11,14-15,33-35,37-46,53-55,88-89H,8,12-13,16-32,69H2,1-7H3,(H2,70,90)(H2,71,91)(H2,72,92)(H2,73,93)(H,74,97)(H,75,103)(H,76,94)(H,77,95)(H,78,101)(H,79,96)(H,80,104)(H,81,98)(H,82,105)(H,83,102)(H,84,99)(H,85,100)(H,108,109)/t35-,37-,38-,39-,40-,41-,42-,43-,44-,45-,46-,53-,54-,55-/m0/s1. The van der Waals surface area contributed by atoms with Crippen LogP contribution < -0.4 is 92.5 Å². The highest BCUT2D eigenvalue weighted by molar-refractivity contribution is 7.98. The first kappa shape index (κ1) is 93.6. The molecule has 42 heteroatoms. The first-order valence-electron chi connectivity index (χ1n) is 35.8. The van der Waals surface area contributed by atoms with E-state index in [0.717, 1.165) is 0 Å². The van der Waals surface area contributed by atoms with Crippen LogP contribution in [0.25, 0.3) is 0 Å². The number of carbonyl (C=O) groups is 19. The second kappa shape index (κ2) is 46.7. The Bertz CT molecular complexity index is 3460. The second-order valence-electron chi connectivity index (χ2n) is 27.3. The van der Waals surface area contributed by atoms with Gasteiger partial charge in [0.2, 0.25) is 106 Å². The molecule has 0 aromatic heterocycles. The monoisotopic (exact) mass is 1570 g/mol. The molecule has 0 radical (unpaired) electrons. The molecule has 1 aromatic carbocycles. The number of hydrogen-bond acceptors (Lipinski definition) is 23. The van der Waals surface area contributed by atoms with Crippen LogP contribution in [0.3, 0.4) is 0 Å². The summed E-state index contributed by atoms with van der Waals surface area (Å²) in [6.07, 6.45) is -0.573. The lowest BCUT2D eigenvalue weighted by Gasteiger charge is -2.34. The molecule has 25 N–H and O–H groups in total. The summed E-state index contributed by atoms with van der Waals surface area (Å²) in [6, 6.07) is -11.3. The van der Waals surface area contributed by atoms with Crippen molar-refractivity contribution >= 4 is 124 Å². The van der Waals surface area contributed by atoms with Crippen LogP contribution in [0.1, 0.15) is 124 Å². The van der Waals surface area contributed by atoms with Crippen LogP contribution in [0.4, 0.5) is 0 Å². The molecule has 0 saturated carbocycles. The highest BCUT2D eigenvalue weighted by Gasteiger charge is 2.45. The first-order chi connectivity index (χ1) is 51.8. The molecule has 14 atom stereocenters. The summed E-state index contributed by atoms with van der Waals surface area (Å²) in [4.78, 5) is 255. The molecule has 18 amide bonds. The van der Waals surface area contributed by atoms with Gasteiger partial charge in [-0.05, 0) is 80.3 Å². The van der Waals surface area contributed by atoms with Crippen molar-refractivity contribution in [2.75, 3.05) is 51.4 Å². The lowest BCUT2D eigenvalue weighted by atomic mass is 9.97. The van der Waals surface area contributed by atoms with E-state index in [1.807, 2.05) is 0 Å². The zero-order chi connectivity index (χ0) is 82.8. The summed E-state index contributed by atoms with van der Waals surface area (Å²) < 4.78 is 0.